The van der Waals surface area contributed by atoms with Crippen LogP contribution in [0.4, 0.5) is 0 Å². The molecule has 3 aromatic rings. The summed E-state index contributed by atoms with van der Waals surface area (Å²) in [4.78, 5) is 25.8. The number of ether oxygens (including phenoxy) is 2. The van der Waals surface area contributed by atoms with Gasteiger partial charge in [-0.1, -0.05) is 48.5 Å². The third kappa shape index (κ3) is 3.66. The van der Waals surface area contributed by atoms with Crippen LogP contribution in [0.1, 0.15) is 61.9 Å². The molecule has 0 spiro atoms. The number of ketones is 2. The van der Waals surface area contributed by atoms with Crippen molar-refractivity contribution in [2.75, 3.05) is 13.2 Å². The number of benzene rings is 3. The molecule has 0 fully saturated rings. The zero-order valence-electron chi connectivity index (χ0n) is 17.9. The van der Waals surface area contributed by atoms with Crippen molar-refractivity contribution < 1.29 is 19.1 Å². The quantitative estimate of drug-likeness (QED) is 0.284. The number of fused-ring (bicyclic) bond motifs is 5. The van der Waals surface area contributed by atoms with Crippen molar-refractivity contribution >= 4 is 33.1 Å². The first kappa shape index (κ1) is 20.7. The second-order valence-corrected chi connectivity index (χ2v) is 8.07. The molecule has 0 heterocycles. The van der Waals surface area contributed by atoms with Gasteiger partial charge in [0.25, 0.3) is 0 Å². The van der Waals surface area contributed by atoms with Crippen LogP contribution in [0.2, 0.25) is 0 Å². The van der Waals surface area contributed by atoms with Crippen molar-refractivity contribution in [3.05, 3.63) is 59.7 Å². The summed E-state index contributed by atoms with van der Waals surface area (Å²) in [6.45, 7) is 6.89. The maximum absolute atomic E-state index is 12.9. The van der Waals surface area contributed by atoms with Crippen molar-refractivity contribution in [3.8, 4) is 0 Å². The van der Waals surface area contributed by atoms with Crippen LogP contribution in [0.15, 0.2) is 48.5 Å². The van der Waals surface area contributed by atoms with E-state index in [1.165, 1.54) is 0 Å². The maximum Gasteiger partial charge on any atom is 0.171 e. The highest BCUT2D eigenvalue weighted by atomic mass is 16.7. The molecular formula is C26H28O4. The number of hydrogen-bond donors (Lipinski definition) is 0. The van der Waals surface area contributed by atoms with Crippen molar-refractivity contribution in [3.63, 3.8) is 0 Å². The summed E-state index contributed by atoms with van der Waals surface area (Å²) in [5.41, 5.74) is 1.55. The minimum atomic E-state index is -0.724. The van der Waals surface area contributed by atoms with Gasteiger partial charge >= 0.3 is 0 Å². The van der Waals surface area contributed by atoms with Gasteiger partial charge in [-0.3, -0.25) is 9.59 Å². The Kier molecular flexibility index (Phi) is 5.72. The normalized spacial score (nSPS) is 17.0. The summed E-state index contributed by atoms with van der Waals surface area (Å²) in [5, 5.41) is 4.26. The largest absolute Gasteiger partial charge is 0.351 e. The van der Waals surface area contributed by atoms with Crippen LogP contribution in [0.25, 0.3) is 21.5 Å². The second kappa shape index (κ2) is 8.29. The van der Waals surface area contributed by atoms with E-state index in [1.807, 2.05) is 45.0 Å². The highest BCUT2D eigenvalue weighted by Crippen LogP contribution is 2.39. The first-order valence-electron chi connectivity index (χ1n) is 10.8. The van der Waals surface area contributed by atoms with Crippen molar-refractivity contribution in [2.45, 2.75) is 51.7 Å². The Labute approximate surface area is 177 Å². The summed E-state index contributed by atoms with van der Waals surface area (Å²) in [6.07, 6.45) is 1.15. The Morgan fingerprint density at radius 3 is 2.33 bits per heavy atom. The number of carbonyl (C=O) groups is 2. The lowest BCUT2D eigenvalue weighted by Crippen LogP contribution is -2.34. The van der Waals surface area contributed by atoms with E-state index in [0.717, 1.165) is 27.1 Å². The fourth-order valence-corrected chi connectivity index (χ4v) is 4.77. The van der Waals surface area contributed by atoms with Crippen LogP contribution in [-0.4, -0.2) is 30.6 Å². The van der Waals surface area contributed by atoms with E-state index in [0.29, 0.717) is 31.6 Å². The third-order valence-corrected chi connectivity index (χ3v) is 6.12. The molecule has 156 valence electrons. The molecule has 1 atom stereocenters. The minimum Gasteiger partial charge on any atom is -0.351 e. The van der Waals surface area contributed by atoms with E-state index in [9.17, 15) is 9.59 Å². The second-order valence-electron chi connectivity index (χ2n) is 8.07. The highest BCUT2D eigenvalue weighted by Gasteiger charge is 2.36. The summed E-state index contributed by atoms with van der Waals surface area (Å²) in [5.74, 6) is -1.13. The minimum absolute atomic E-state index is 0.0111. The van der Waals surface area contributed by atoms with Crippen LogP contribution < -0.4 is 0 Å². The van der Waals surface area contributed by atoms with Gasteiger partial charge in [0.2, 0.25) is 0 Å². The van der Waals surface area contributed by atoms with Crippen molar-refractivity contribution in [1.29, 1.82) is 0 Å². The molecule has 1 aliphatic carbocycles. The average Bonchev–Trinajstić information content (AvgIpc) is 2.73. The SMILES string of the molecule is CCOC(C)(CCC1C(=O)CC(=O)c2c1ccc1c2ccc2ccccc21)OCC. The number of hydrogen-bond acceptors (Lipinski definition) is 4. The zero-order chi connectivity index (χ0) is 21.3. The van der Waals surface area contributed by atoms with Gasteiger partial charge in [-0.2, -0.15) is 0 Å². The molecule has 0 aromatic heterocycles. The molecule has 4 nitrogen and oxygen atoms in total. The molecule has 4 rings (SSSR count). The Balaban J connectivity index is 1.76. The first-order valence-corrected chi connectivity index (χ1v) is 10.8. The Morgan fingerprint density at radius 1 is 0.900 bits per heavy atom. The predicted molar refractivity (Wildman–Crippen MR) is 119 cm³/mol. The van der Waals surface area contributed by atoms with Gasteiger partial charge < -0.3 is 9.47 Å². The van der Waals surface area contributed by atoms with E-state index in [-0.39, 0.29) is 23.9 Å². The first-order chi connectivity index (χ1) is 14.5. The van der Waals surface area contributed by atoms with E-state index < -0.39 is 5.79 Å². The molecule has 0 bridgehead atoms. The van der Waals surface area contributed by atoms with Gasteiger partial charge in [0.15, 0.2) is 11.6 Å². The molecule has 0 saturated carbocycles. The van der Waals surface area contributed by atoms with E-state index >= 15 is 0 Å². The topological polar surface area (TPSA) is 52.6 Å². The Bertz CT molecular complexity index is 1110. The van der Waals surface area contributed by atoms with Gasteiger partial charge in [0.1, 0.15) is 5.78 Å². The van der Waals surface area contributed by atoms with E-state index in [4.69, 9.17) is 9.47 Å². The molecule has 0 radical (unpaired) electrons. The number of rotatable bonds is 7. The third-order valence-electron chi connectivity index (χ3n) is 6.12. The highest BCUT2D eigenvalue weighted by molar-refractivity contribution is 6.22. The van der Waals surface area contributed by atoms with Crippen LogP contribution in [0.3, 0.4) is 0 Å². The standard InChI is InChI=1S/C26H28O4/c1-4-29-26(3,30-5-2)15-14-20-22-13-12-19-18-9-7-6-8-17(18)10-11-21(19)25(22)24(28)16-23(20)27/h6-13,20H,4-5,14-16H2,1-3H3. The van der Waals surface area contributed by atoms with Gasteiger partial charge in [0, 0.05) is 31.1 Å². The van der Waals surface area contributed by atoms with Gasteiger partial charge in [-0.15, -0.1) is 0 Å². The predicted octanol–water partition coefficient (Wildman–Crippen LogP) is 5.80. The fraction of sp³-hybridized carbons (Fsp3) is 0.385. The van der Waals surface area contributed by atoms with Crippen molar-refractivity contribution in [1.82, 2.24) is 0 Å². The monoisotopic (exact) mass is 404 g/mol. The zero-order valence-corrected chi connectivity index (χ0v) is 17.9. The van der Waals surface area contributed by atoms with E-state index in [1.54, 1.807) is 0 Å². The molecule has 1 aliphatic rings. The molecule has 0 N–H and O–H groups in total. The maximum atomic E-state index is 12.9. The summed E-state index contributed by atoms with van der Waals surface area (Å²) >= 11 is 0. The van der Waals surface area contributed by atoms with Gasteiger partial charge in [-0.05, 0) is 54.3 Å². The molecule has 30 heavy (non-hydrogen) atoms. The van der Waals surface area contributed by atoms with Crippen LogP contribution >= 0.6 is 0 Å². The average molecular weight is 405 g/mol. The smallest absolute Gasteiger partial charge is 0.171 e. The lowest BCUT2D eigenvalue weighted by molar-refractivity contribution is -0.225. The lowest BCUT2D eigenvalue weighted by Gasteiger charge is -2.32. The number of carbonyl (C=O) groups excluding carboxylic acids is 2. The summed E-state index contributed by atoms with van der Waals surface area (Å²) in [6, 6.07) is 16.3. The van der Waals surface area contributed by atoms with Crippen LogP contribution in [-0.2, 0) is 14.3 Å². The Morgan fingerprint density at radius 2 is 1.60 bits per heavy atom. The molecule has 1 unspecified atom stereocenters. The van der Waals surface area contributed by atoms with Gasteiger partial charge in [0.05, 0.1) is 6.42 Å². The summed E-state index contributed by atoms with van der Waals surface area (Å²) < 4.78 is 11.6. The molecule has 0 saturated heterocycles. The van der Waals surface area contributed by atoms with Crippen LogP contribution in [0, 0.1) is 0 Å². The molecular weight excluding hydrogens is 376 g/mol. The lowest BCUT2D eigenvalue weighted by atomic mass is 9.76. The fourth-order valence-electron chi connectivity index (χ4n) is 4.77. The van der Waals surface area contributed by atoms with E-state index in [2.05, 4.69) is 24.3 Å². The van der Waals surface area contributed by atoms with Gasteiger partial charge in [-0.25, -0.2) is 0 Å². The van der Waals surface area contributed by atoms with Crippen LogP contribution in [0.5, 0.6) is 0 Å². The Hall–Kier alpha value is -2.56. The molecule has 4 heteroatoms. The molecule has 0 aliphatic heterocycles. The van der Waals surface area contributed by atoms with Crippen molar-refractivity contribution in [2.24, 2.45) is 0 Å². The number of Topliss-reactive ketones (excluding diaryl/α,β-unsaturated/α-hetero) is 2. The summed E-state index contributed by atoms with van der Waals surface area (Å²) in [7, 11) is 0. The molecule has 0 amide bonds. The molecule has 3 aromatic carbocycles.